The number of aliphatic hydroxyl groups is 1. The molecule has 18 heavy (non-hydrogen) atoms. The summed E-state index contributed by atoms with van der Waals surface area (Å²) in [6.07, 6.45) is 0.786. The Morgan fingerprint density at radius 3 is 2.33 bits per heavy atom. The minimum atomic E-state index is -3.61. The fourth-order valence-corrected chi connectivity index (χ4v) is 2.96. The van der Waals surface area contributed by atoms with Gasteiger partial charge in [-0.3, -0.25) is 0 Å². The normalized spacial score (nSPS) is 15.3. The summed E-state index contributed by atoms with van der Waals surface area (Å²) in [5, 5.41) is 9.71. The third-order valence-electron chi connectivity index (χ3n) is 2.96. The number of hydrogen-bond donors (Lipinski definition) is 2. The molecule has 0 saturated heterocycles. The summed E-state index contributed by atoms with van der Waals surface area (Å²) in [6, 6.07) is 5.45. The first-order chi connectivity index (χ1) is 8.40. The van der Waals surface area contributed by atoms with Gasteiger partial charge in [0, 0.05) is 11.1 Å². The Hall–Kier alpha value is -0.620. The van der Waals surface area contributed by atoms with Gasteiger partial charge in [0.05, 0.1) is 11.5 Å². The largest absolute Gasteiger partial charge is 0.395 e. The molecule has 4 nitrogen and oxygen atoms in total. The summed E-state index contributed by atoms with van der Waals surface area (Å²) in [7, 11) is -3.61. The smallest absolute Gasteiger partial charge is 0.240 e. The van der Waals surface area contributed by atoms with Gasteiger partial charge >= 0.3 is 0 Å². The van der Waals surface area contributed by atoms with Gasteiger partial charge in [-0.2, -0.15) is 0 Å². The number of rotatable bonds is 6. The fourth-order valence-electron chi connectivity index (χ4n) is 1.50. The van der Waals surface area contributed by atoms with Crippen LogP contribution in [0.25, 0.3) is 0 Å². The zero-order valence-corrected chi connectivity index (χ0v) is 12.0. The minimum absolute atomic E-state index is 0.0667. The number of hydrogen-bond acceptors (Lipinski definition) is 3. The Labute approximate surface area is 113 Å². The van der Waals surface area contributed by atoms with Crippen molar-refractivity contribution in [3.8, 4) is 0 Å². The predicted molar refractivity (Wildman–Crippen MR) is 72.1 cm³/mol. The molecule has 0 fully saturated rings. The third-order valence-corrected chi connectivity index (χ3v) is 4.72. The number of sulfonamides is 1. The van der Waals surface area contributed by atoms with E-state index in [-0.39, 0.29) is 17.4 Å². The highest BCUT2D eigenvalue weighted by Crippen LogP contribution is 2.16. The van der Waals surface area contributed by atoms with Gasteiger partial charge in [-0.15, -0.1) is 0 Å². The standard InChI is InChI=1S/C12H18ClNO3S/c1-3-9(2)12(8-15)14-18(16,17)11-6-4-10(13)5-7-11/h4-7,9,12,14-15H,3,8H2,1-2H3/t9?,12-/m1/s1. The SMILES string of the molecule is CCC(C)[C@@H](CO)NS(=O)(=O)c1ccc(Cl)cc1. The van der Waals surface area contributed by atoms with E-state index in [2.05, 4.69) is 4.72 Å². The van der Waals surface area contributed by atoms with Crippen molar-refractivity contribution in [2.75, 3.05) is 6.61 Å². The van der Waals surface area contributed by atoms with Crippen LogP contribution < -0.4 is 4.72 Å². The molecule has 6 heteroatoms. The second kappa shape index (κ2) is 6.52. The van der Waals surface area contributed by atoms with Crippen LogP contribution in [0.4, 0.5) is 0 Å². The molecule has 0 radical (unpaired) electrons. The van der Waals surface area contributed by atoms with Crippen molar-refractivity contribution in [2.45, 2.75) is 31.2 Å². The van der Waals surface area contributed by atoms with Crippen molar-refractivity contribution in [3.63, 3.8) is 0 Å². The van der Waals surface area contributed by atoms with Gasteiger partial charge in [0.1, 0.15) is 0 Å². The van der Waals surface area contributed by atoms with Gasteiger partial charge in [0.15, 0.2) is 0 Å². The highest BCUT2D eigenvalue weighted by Gasteiger charge is 2.22. The van der Waals surface area contributed by atoms with Crippen LogP contribution in [0.15, 0.2) is 29.2 Å². The van der Waals surface area contributed by atoms with Crippen LogP contribution in [0.3, 0.4) is 0 Å². The highest BCUT2D eigenvalue weighted by atomic mass is 35.5. The summed E-state index contributed by atoms with van der Waals surface area (Å²) in [4.78, 5) is 0.147. The molecule has 2 N–H and O–H groups in total. The van der Waals surface area contributed by atoms with Crippen LogP contribution in [0.1, 0.15) is 20.3 Å². The summed E-state index contributed by atoms with van der Waals surface area (Å²) >= 11 is 5.71. The Morgan fingerprint density at radius 1 is 1.33 bits per heavy atom. The molecule has 1 aromatic carbocycles. The molecule has 0 spiro atoms. The maximum atomic E-state index is 12.1. The molecule has 102 valence electrons. The van der Waals surface area contributed by atoms with Gasteiger partial charge in [-0.1, -0.05) is 31.9 Å². The van der Waals surface area contributed by atoms with E-state index in [1.54, 1.807) is 0 Å². The number of nitrogens with one attached hydrogen (secondary N) is 1. The lowest BCUT2D eigenvalue weighted by Crippen LogP contribution is -2.41. The highest BCUT2D eigenvalue weighted by molar-refractivity contribution is 7.89. The van der Waals surface area contributed by atoms with Crippen molar-refractivity contribution in [1.29, 1.82) is 0 Å². The van der Waals surface area contributed by atoms with Gasteiger partial charge in [-0.05, 0) is 30.2 Å². The van der Waals surface area contributed by atoms with Gasteiger partial charge in [0.25, 0.3) is 0 Å². The van der Waals surface area contributed by atoms with Crippen molar-refractivity contribution in [2.24, 2.45) is 5.92 Å². The Kier molecular flexibility index (Phi) is 5.59. The Bertz CT molecular complexity index is 473. The molecule has 0 bridgehead atoms. The first-order valence-electron chi connectivity index (χ1n) is 5.79. The molecule has 0 heterocycles. The Balaban J connectivity index is 2.90. The summed E-state index contributed by atoms with van der Waals surface area (Å²) < 4.78 is 26.6. The fraction of sp³-hybridized carbons (Fsp3) is 0.500. The van der Waals surface area contributed by atoms with Gasteiger partial charge in [-0.25, -0.2) is 13.1 Å². The van der Waals surface area contributed by atoms with E-state index < -0.39 is 16.1 Å². The summed E-state index contributed by atoms with van der Waals surface area (Å²) in [6.45, 7) is 3.62. The molecule has 0 aliphatic rings. The molecule has 0 aliphatic carbocycles. The molecular weight excluding hydrogens is 274 g/mol. The lowest BCUT2D eigenvalue weighted by atomic mass is 10.0. The predicted octanol–water partition coefficient (Wildman–Crippen LogP) is 2.03. The molecule has 1 unspecified atom stereocenters. The van der Waals surface area contributed by atoms with Crippen molar-refractivity contribution in [1.82, 2.24) is 4.72 Å². The third kappa shape index (κ3) is 3.95. The second-order valence-electron chi connectivity index (χ2n) is 4.25. The molecule has 0 aliphatic heterocycles. The topological polar surface area (TPSA) is 66.4 Å². The average Bonchev–Trinajstić information content (AvgIpc) is 2.35. The van der Waals surface area contributed by atoms with Crippen LogP contribution in [0.5, 0.6) is 0 Å². The zero-order valence-electron chi connectivity index (χ0n) is 10.4. The van der Waals surface area contributed by atoms with Crippen LogP contribution in [0, 0.1) is 5.92 Å². The quantitative estimate of drug-likeness (QED) is 0.843. The van der Waals surface area contributed by atoms with Crippen LogP contribution in [-0.4, -0.2) is 26.2 Å². The van der Waals surface area contributed by atoms with E-state index in [9.17, 15) is 13.5 Å². The van der Waals surface area contributed by atoms with Crippen molar-refractivity contribution < 1.29 is 13.5 Å². The van der Waals surface area contributed by atoms with Crippen LogP contribution in [0.2, 0.25) is 5.02 Å². The first-order valence-corrected chi connectivity index (χ1v) is 7.65. The minimum Gasteiger partial charge on any atom is -0.395 e. The van der Waals surface area contributed by atoms with Crippen molar-refractivity contribution in [3.05, 3.63) is 29.3 Å². The number of aliphatic hydroxyl groups excluding tert-OH is 1. The number of benzene rings is 1. The van der Waals surface area contributed by atoms with E-state index in [4.69, 9.17) is 11.6 Å². The van der Waals surface area contributed by atoms with E-state index >= 15 is 0 Å². The lowest BCUT2D eigenvalue weighted by molar-refractivity contribution is 0.219. The average molecular weight is 292 g/mol. The van der Waals surface area contributed by atoms with Gasteiger partial charge < -0.3 is 5.11 Å². The first kappa shape index (κ1) is 15.4. The molecule has 1 aromatic rings. The maximum absolute atomic E-state index is 12.1. The lowest BCUT2D eigenvalue weighted by Gasteiger charge is -2.21. The van der Waals surface area contributed by atoms with E-state index in [0.717, 1.165) is 6.42 Å². The molecule has 0 amide bonds. The van der Waals surface area contributed by atoms with Gasteiger partial charge in [0.2, 0.25) is 10.0 Å². The van der Waals surface area contributed by atoms with Crippen molar-refractivity contribution >= 4 is 21.6 Å². The molecule has 2 atom stereocenters. The zero-order chi connectivity index (χ0) is 13.8. The van der Waals surface area contributed by atoms with E-state index in [0.29, 0.717) is 5.02 Å². The molecule has 0 saturated carbocycles. The van der Waals surface area contributed by atoms with E-state index in [1.807, 2.05) is 13.8 Å². The van der Waals surface area contributed by atoms with E-state index in [1.165, 1.54) is 24.3 Å². The summed E-state index contributed by atoms with van der Waals surface area (Å²) in [5.74, 6) is 0.0667. The van der Waals surface area contributed by atoms with Crippen LogP contribution in [-0.2, 0) is 10.0 Å². The van der Waals surface area contributed by atoms with Crippen LogP contribution >= 0.6 is 11.6 Å². The second-order valence-corrected chi connectivity index (χ2v) is 6.40. The molecule has 0 aromatic heterocycles. The maximum Gasteiger partial charge on any atom is 0.240 e. The molecular formula is C12H18ClNO3S. The summed E-state index contributed by atoms with van der Waals surface area (Å²) in [5.41, 5.74) is 0. The monoisotopic (exact) mass is 291 g/mol. The molecule has 1 rings (SSSR count). The number of halogens is 1. The Morgan fingerprint density at radius 2 is 1.89 bits per heavy atom.